The van der Waals surface area contributed by atoms with Crippen molar-refractivity contribution in [3.63, 3.8) is 0 Å². The van der Waals surface area contributed by atoms with E-state index in [1.54, 1.807) is 6.07 Å². The van der Waals surface area contributed by atoms with E-state index < -0.39 is 0 Å². The molecule has 0 aromatic heterocycles. The average Bonchev–Trinajstić information content (AvgIpc) is 1.96. The van der Waals surface area contributed by atoms with Crippen LogP contribution in [0.4, 0.5) is 0 Å². The molecule has 0 heterocycles. The van der Waals surface area contributed by atoms with Gasteiger partial charge in [-0.1, -0.05) is 11.6 Å². The van der Waals surface area contributed by atoms with Gasteiger partial charge in [-0.15, -0.1) is 0 Å². The van der Waals surface area contributed by atoms with Crippen molar-refractivity contribution < 1.29 is 5.11 Å². The summed E-state index contributed by atoms with van der Waals surface area (Å²) in [6.45, 7) is 4.03. The van der Waals surface area contributed by atoms with Crippen LogP contribution < -0.4 is 0 Å². The fourth-order valence-electron chi connectivity index (χ4n) is 1.05. The van der Waals surface area contributed by atoms with Crippen LogP contribution in [0.5, 0.6) is 0 Å². The molecule has 11 heavy (non-hydrogen) atoms. The first-order valence-corrected chi connectivity index (χ1v) is 3.89. The third-order valence-electron chi connectivity index (χ3n) is 1.91. The van der Waals surface area contributed by atoms with Crippen molar-refractivity contribution in [1.29, 1.82) is 0 Å². The fourth-order valence-corrected chi connectivity index (χ4v) is 1.34. The first-order chi connectivity index (χ1) is 5.15. The zero-order valence-electron chi connectivity index (χ0n) is 6.69. The van der Waals surface area contributed by atoms with Crippen LogP contribution in [0.15, 0.2) is 12.1 Å². The zero-order chi connectivity index (χ0) is 8.43. The summed E-state index contributed by atoms with van der Waals surface area (Å²) in [6, 6.07) is 3.69. The van der Waals surface area contributed by atoms with Crippen molar-refractivity contribution in [1.82, 2.24) is 0 Å². The quantitative estimate of drug-likeness (QED) is 0.687. The first kappa shape index (κ1) is 8.57. The van der Waals surface area contributed by atoms with E-state index in [0.717, 1.165) is 16.7 Å². The van der Waals surface area contributed by atoms with E-state index >= 15 is 0 Å². The van der Waals surface area contributed by atoms with Crippen LogP contribution in [-0.4, -0.2) is 5.11 Å². The van der Waals surface area contributed by atoms with Crippen LogP contribution in [0, 0.1) is 13.8 Å². The molecule has 0 spiro atoms. The second-order valence-electron chi connectivity index (χ2n) is 2.66. The molecular formula is C9H11ClO. The van der Waals surface area contributed by atoms with Gasteiger partial charge < -0.3 is 5.11 Å². The molecule has 1 nitrogen and oxygen atoms in total. The number of rotatable bonds is 1. The van der Waals surface area contributed by atoms with Gasteiger partial charge in [-0.2, -0.15) is 0 Å². The second-order valence-corrected chi connectivity index (χ2v) is 3.10. The predicted molar refractivity (Wildman–Crippen MR) is 46.8 cm³/mol. The molecule has 0 aliphatic heterocycles. The second kappa shape index (κ2) is 3.24. The largest absolute Gasteiger partial charge is 0.392 e. The molecule has 1 aromatic rings. The molecule has 0 amide bonds. The molecule has 0 unspecified atom stereocenters. The summed E-state index contributed by atoms with van der Waals surface area (Å²) in [5, 5.41) is 9.60. The lowest BCUT2D eigenvalue weighted by Crippen LogP contribution is -1.91. The predicted octanol–water partition coefficient (Wildman–Crippen LogP) is 2.45. The van der Waals surface area contributed by atoms with Gasteiger partial charge in [0.15, 0.2) is 0 Å². The molecule has 0 bridgehead atoms. The SMILES string of the molecule is Cc1cc(Cl)cc(CO)c1C. The van der Waals surface area contributed by atoms with E-state index in [9.17, 15) is 0 Å². The van der Waals surface area contributed by atoms with Crippen molar-refractivity contribution in [2.24, 2.45) is 0 Å². The Morgan fingerprint density at radius 3 is 2.55 bits per heavy atom. The van der Waals surface area contributed by atoms with Gasteiger partial charge >= 0.3 is 0 Å². The van der Waals surface area contributed by atoms with Crippen LogP contribution in [-0.2, 0) is 6.61 Å². The van der Waals surface area contributed by atoms with Crippen molar-refractivity contribution in [3.05, 3.63) is 33.8 Å². The van der Waals surface area contributed by atoms with Gasteiger partial charge in [-0.3, -0.25) is 0 Å². The normalized spacial score (nSPS) is 10.2. The summed E-state index contributed by atoms with van der Waals surface area (Å²) in [5.74, 6) is 0. The molecule has 0 saturated heterocycles. The minimum absolute atomic E-state index is 0.0627. The molecule has 2 heteroatoms. The summed E-state index contributed by atoms with van der Waals surface area (Å²) < 4.78 is 0. The number of hydrogen-bond acceptors (Lipinski definition) is 1. The lowest BCUT2D eigenvalue weighted by Gasteiger charge is -2.05. The first-order valence-electron chi connectivity index (χ1n) is 3.51. The highest BCUT2D eigenvalue weighted by molar-refractivity contribution is 6.30. The van der Waals surface area contributed by atoms with E-state index in [1.165, 1.54) is 0 Å². The summed E-state index contributed by atoms with van der Waals surface area (Å²) >= 11 is 5.79. The Kier molecular flexibility index (Phi) is 2.53. The monoisotopic (exact) mass is 170 g/mol. The fraction of sp³-hybridized carbons (Fsp3) is 0.333. The standard InChI is InChI=1S/C9H11ClO/c1-6-3-9(10)4-8(5-11)7(6)2/h3-4,11H,5H2,1-2H3. The van der Waals surface area contributed by atoms with E-state index in [-0.39, 0.29) is 6.61 Å². The van der Waals surface area contributed by atoms with Crippen LogP contribution in [0.3, 0.4) is 0 Å². The van der Waals surface area contributed by atoms with E-state index in [4.69, 9.17) is 16.7 Å². The van der Waals surface area contributed by atoms with Crippen molar-refractivity contribution in [2.45, 2.75) is 20.5 Å². The number of hydrogen-bond donors (Lipinski definition) is 1. The minimum atomic E-state index is 0.0627. The minimum Gasteiger partial charge on any atom is -0.392 e. The molecule has 0 aliphatic carbocycles. The van der Waals surface area contributed by atoms with Gasteiger partial charge in [0.1, 0.15) is 0 Å². The Bertz CT molecular complexity index is 269. The van der Waals surface area contributed by atoms with Crippen molar-refractivity contribution >= 4 is 11.6 Å². The number of halogens is 1. The maximum atomic E-state index is 8.91. The molecule has 0 radical (unpaired) electrons. The van der Waals surface area contributed by atoms with E-state index in [2.05, 4.69) is 0 Å². The molecule has 0 atom stereocenters. The smallest absolute Gasteiger partial charge is 0.0685 e. The molecule has 60 valence electrons. The molecule has 0 aliphatic rings. The van der Waals surface area contributed by atoms with E-state index in [0.29, 0.717) is 5.02 Å². The highest BCUT2D eigenvalue weighted by Gasteiger charge is 2.01. The lowest BCUT2D eigenvalue weighted by molar-refractivity contribution is 0.281. The van der Waals surface area contributed by atoms with E-state index in [1.807, 2.05) is 19.9 Å². The van der Waals surface area contributed by atoms with Gasteiger partial charge in [-0.25, -0.2) is 0 Å². The Morgan fingerprint density at radius 2 is 2.00 bits per heavy atom. The molecule has 1 aromatic carbocycles. The van der Waals surface area contributed by atoms with Gasteiger partial charge in [0.05, 0.1) is 6.61 Å². The summed E-state index contributed by atoms with van der Waals surface area (Å²) in [7, 11) is 0. The van der Waals surface area contributed by atoms with Crippen LogP contribution >= 0.6 is 11.6 Å². The molecule has 1 N–H and O–H groups in total. The average molecular weight is 171 g/mol. The highest BCUT2D eigenvalue weighted by atomic mass is 35.5. The summed E-state index contributed by atoms with van der Waals surface area (Å²) in [4.78, 5) is 0. The topological polar surface area (TPSA) is 20.2 Å². The maximum absolute atomic E-state index is 8.91. The number of aliphatic hydroxyl groups is 1. The lowest BCUT2D eigenvalue weighted by atomic mass is 10.0. The maximum Gasteiger partial charge on any atom is 0.0685 e. The van der Waals surface area contributed by atoms with Gasteiger partial charge in [0.25, 0.3) is 0 Å². The van der Waals surface area contributed by atoms with Crippen molar-refractivity contribution in [3.8, 4) is 0 Å². The van der Waals surface area contributed by atoms with Crippen LogP contribution in [0.1, 0.15) is 16.7 Å². The van der Waals surface area contributed by atoms with Crippen LogP contribution in [0.25, 0.3) is 0 Å². The molecule has 0 saturated carbocycles. The molecular weight excluding hydrogens is 160 g/mol. The van der Waals surface area contributed by atoms with Crippen LogP contribution in [0.2, 0.25) is 5.02 Å². The van der Waals surface area contributed by atoms with Crippen molar-refractivity contribution in [2.75, 3.05) is 0 Å². The van der Waals surface area contributed by atoms with Gasteiger partial charge in [-0.05, 0) is 42.7 Å². The Labute approximate surface area is 71.6 Å². The molecule has 0 fully saturated rings. The summed E-state index contributed by atoms with van der Waals surface area (Å²) in [5.41, 5.74) is 3.16. The molecule has 1 rings (SSSR count). The number of aliphatic hydroxyl groups excluding tert-OH is 1. The third kappa shape index (κ3) is 1.73. The number of aryl methyl sites for hydroxylation is 1. The zero-order valence-corrected chi connectivity index (χ0v) is 7.44. The highest BCUT2D eigenvalue weighted by Crippen LogP contribution is 2.19. The van der Waals surface area contributed by atoms with Gasteiger partial charge in [0, 0.05) is 5.02 Å². The Balaban J connectivity index is 3.24. The third-order valence-corrected chi connectivity index (χ3v) is 2.13. The Morgan fingerprint density at radius 1 is 1.36 bits per heavy atom. The van der Waals surface area contributed by atoms with Gasteiger partial charge in [0.2, 0.25) is 0 Å². The summed E-state index contributed by atoms with van der Waals surface area (Å²) in [6.07, 6.45) is 0. The number of benzene rings is 1. The Hall–Kier alpha value is -0.530.